The number of halogens is 2. The van der Waals surface area contributed by atoms with Crippen LogP contribution in [0.25, 0.3) is 0 Å². The molecule has 0 bridgehead atoms. The van der Waals surface area contributed by atoms with Gasteiger partial charge < -0.3 is 5.21 Å². The lowest BCUT2D eigenvalue weighted by Crippen LogP contribution is -2.06. The highest BCUT2D eigenvalue weighted by atomic mass is 79.9. The number of oxime groups is 1. The van der Waals surface area contributed by atoms with Crippen LogP contribution < -0.4 is 0 Å². The Kier molecular flexibility index (Phi) is 4.04. The molecule has 5 heteroatoms. The van der Waals surface area contributed by atoms with Crippen molar-refractivity contribution < 1.29 is 9.60 Å². The molecule has 0 spiro atoms. The summed E-state index contributed by atoms with van der Waals surface area (Å²) in [5, 5.41) is 12.3. The van der Waals surface area contributed by atoms with E-state index in [1.165, 1.54) is 12.1 Å². The van der Waals surface area contributed by atoms with Crippen molar-refractivity contribution in [3.8, 4) is 0 Å². The van der Waals surface area contributed by atoms with Gasteiger partial charge >= 0.3 is 0 Å². The number of nitrogens with zero attached hydrogens (tertiary/aromatic N) is 2. The summed E-state index contributed by atoms with van der Waals surface area (Å²) in [6.45, 7) is 0. The van der Waals surface area contributed by atoms with Crippen LogP contribution in [0.15, 0.2) is 52.2 Å². The first kappa shape index (κ1) is 12.7. The molecule has 2 aromatic rings. The van der Waals surface area contributed by atoms with E-state index in [4.69, 9.17) is 5.21 Å². The van der Waals surface area contributed by atoms with Gasteiger partial charge in [-0.05, 0) is 29.8 Å². The summed E-state index contributed by atoms with van der Waals surface area (Å²) in [7, 11) is 0. The predicted molar refractivity (Wildman–Crippen MR) is 70.4 cm³/mol. The van der Waals surface area contributed by atoms with Gasteiger partial charge in [-0.15, -0.1) is 0 Å². The molecular formula is C13H10BrFN2O. The molecule has 0 aliphatic carbocycles. The number of benzene rings is 1. The number of pyridine rings is 1. The van der Waals surface area contributed by atoms with E-state index in [1.54, 1.807) is 18.3 Å². The Hall–Kier alpha value is -1.75. The largest absolute Gasteiger partial charge is 0.411 e. The Morgan fingerprint density at radius 3 is 2.61 bits per heavy atom. The fraction of sp³-hybridized carbons (Fsp3) is 0.0769. The van der Waals surface area contributed by atoms with Gasteiger partial charge in [0.2, 0.25) is 0 Å². The Balaban J connectivity index is 2.23. The van der Waals surface area contributed by atoms with Crippen molar-refractivity contribution in [3.05, 3.63) is 64.1 Å². The molecule has 3 nitrogen and oxygen atoms in total. The van der Waals surface area contributed by atoms with Gasteiger partial charge in [-0.2, -0.15) is 0 Å². The lowest BCUT2D eigenvalue weighted by atomic mass is 10.1. The van der Waals surface area contributed by atoms with Crippen LogP contribution in [0, 0.1) is 5.82 Å². The van der Waals surface area contributed by atoms with E-state index in [1.807, 2.05) is 12.1 Å². The van der Waals surface area contributed by atoms with Crippen LogP contribution in [0.3, 0.4) is 0 Å². The second-order valence-corrected chi connectivity index (χ2v) is 4.61. The minimum absolute atomic E-state index is 0.323. The smallest absolute Gasteiger partial charge is 0.123 e. The molecule has 1 aromatic heterocycles. The zero-order valence-corrected chi connectivity index (χ0v) is 10.9. The maximum Gasteiger partial charge on any atom is 0.123 e. The summed E-state index contributed by atoms with van der Waals surface area (Å²) >= 11 is 3.35. The average Bonchev–Trinajstić information content (AvgIpc) is 2.37. The fourth-order valence-corrected chi connectivity index (χ4v) is 1.94. The van der Waals surface area contributed by atoms with Gasteiger partial charge in [0, 0.05) is 22.8 Å². The molecule has 0 unspecified atom stereocenters. The Bertz CT molecular complexity index is 569. The van der Waals surface area contributed by atoms with Crippen LogP contribution in [-0.4, -0.2) is 15.9 Å². The molecule has 18 heavy (non-hydrogen) atoms. The number of aromatic nitrogens is 1. The summed E-state index contributed by atoms with van der Waals surface area (Å²) in [5.41, 5.74) is 1.88. The van der Waals surface area contributed by atoms with E-state index >= 15 is 0 Å². The van der Waals surface area contributed by atoms with Gasteiger partial charge in [0.1, 0.15) is 5.82 Å². The highest BCUT2D eigenvalue weighted by Crippen LogP contribution is 2.12. The standard InChI is InChI=1S/C13H10BrFN2O/c14-10-5-6-16-12(7-10)8-13(17-18)9-1-3-11(15)4-2-9/h1-7,18H,8H2/b17-13+. The third-order valence-corrected chi connectivity index (χ3v) is 2.92. The van der Waals surface area contributed by atoms with Gasteiger partial charge in [0.05, 0.1) is 5.71 Å². The number of hydrogen-bond acceptors (Lipinski definition) is 3. The molecule has 0 radical (unpaired) electrons. The van der Waals surface area contributed by atoms with Crippen molar-refractivity contribution in [2.75, 3.05) is 0 Å². The van der Waals surface area contributed by atoms with Crippen LogP contribution in [-0.2, 0) is 6.42 Å². The number of rotatable bonds is 3. The first-order valence-electron chi connectivity index (χ1n) is 5.26. The molecule has 0 saturated heterocycles. The quantitative estimate of drug-likeness (QED) is 0.536. The third-order valence-electron chi connectivity index (χ3n) is 2.43. The van der Waals surface area contributed by atoms with E-state index in [0.717, 1.165) is 10.2 Å². The van der Waals surface area contributed by atoms with Crippen molar-refractivity contribution in [3.63, 3.8) is 0 Å². The van der Waals surface area contributed by atoms with Crippen LogP contribution in [0.2, 0.25) is 0 Å². The zero-order chi connectivity index (χ0) is 13.0. The van der Waals surface area contributed by atoms with Crippen molar-refractivity contribution in [1.29, 1.82) is 0 Å². The highest BCUT2D eigenvalue weighted by Gasteiger charge is 2.07. The van der Waals surface area contributed by atoms with Crippen LogP contribution in [0.5, 0.6) is 0 Å². The van der Waals surface area contributed by atoms with Gasteiger partial charge in [-0.3, -0.25) is 4.98 Å². The van der Waals surface area contributed by atoms with E-state index in [0.29, 0.717) is 17.7 Å². The fourth-order valence-electron chi connectivity index (χ4n) is 1.55. The number of hydrogen-bond donors (Lipinski definition) is 1. The SMILES string of the molecule is O/N=C(\Cc1cc(Br)ccn1)c1ccc(F)cc1. The molecule has 0 fully saturated rings. The minimum Gasteiger partial charge on any atom is -0.411 e. The topological polar surface area (TPSA) is 45.5 Å². The van der Waals surface area contributed by atoms with Crippen molar-refractivity contribution in [2.45, 2.75) is 6.42 Å². The molecular weight excluding hydrogens is 299 g/mol. The maximum atomic E-state index is 12.8. The van der Waals surface area contributed by atoms with Gasteiger partial charge in [-0.1, -0.05) is 33.2 Å². The molecule has 1 heterocycles. The lowest BCUT2D eigenvalue weighted by Gasteiger charge is -2.04. The lowest BCUT2D eigenvalue weighted by molar-refractivity contribution is 0.318. The molecule has 0 amide bonds. The van der Waals surface area contributed by atoms with E-state index < -0.39 is 0 Å². The Labute approximate surface area is 112 Å². The normalized spacial score (nSPS) is 11.6. The van der Waals surface area contributed by atoms with Crippen molar-refractivity contribution in [2.24, 2.45) is 5.16 Å². The van der Waals surface area contributed by atoms with Gasteiger partial charge in [0.25, 0.3) is 0 Å². The molecule has 92 valence electrons. The molecule has 0 saturated carbocycles. The predicted octanol–water partition coefficient (Wildman–Crippen LogP) is 3.40. The molecule has 1 aromatic carbocycles. The van der Waals surface area contributed by atoms with Gasteiger partial charge in [-0.25, -0.2) is 4.39 Å². The van der Waals surface area contributed by atoms with E-state index in [2.05, 4.69) is 26.1 Å². The summed E-state index contributed by atoms with van der Waals surface area (Å²) in [4.78, 5) is 4.17. The van der Waals surface area contributed by atoms with Gasteiger partial charge in [0.15, 0.2) is 0 Å². The molecule has 0 aliphatic heterocycles. The molecule has 2 rings (SSSR count). The second-order valence-electron chi connectivity index (χ2n) is 3.70. The van der Waals surface area contributed by atoms with E-state index in [9.17, 15) is 4.39 Å². The van der Waals surface area contributed by atoms with Crippen LogP contribution in [0.4, 0.5) is 4.39 Å². The monoisotopic (exact) mass is 308 g/mol. The Morgan fingerprint density at radius 2 is 2.00 bits per heavy atom. The maximum absolute atomic E-state index is 12.8. The summed E-state index contributed by atoms with van der Waals surface area (Å²) < 4.78 is 13.7. The average molecular weight is 309 g/mol. The van der Waals surface area contributed by atoms with Crippen LogP contribution >= 0.6 is 15.9 Å². The summed E-state index contributed by atoms with van der Waals surface area (Å²) in [5.74, 6) is -0.323. The summed E-state index contributed by atoms with van der Waals surface area (Å²) in [6, 6.07) is 9.46. The Morgan fingerprint density at radius 1 is 1.28 bits per heavy atom. The summed E-state index contributed by atoms with van der Waals surface area (Å²) in [6.07, 6.45) is 2.04. The third kappa shape index (κ3) is 3.13. The molecule has 1 N–H and O–H groups in total. The van der Waals surface area contributed by atoms with Crippen molar-refractivity contribution in [1.82, 2.24) is 4.98 Å². The van der Waals surface area contributed by atoms with Crippen molar-refractivity contribution >= 4 is 21.6 Å². The zero-order valence-electron chi connectivity index (χ0n) is 9.35. The first-order valence-corrected chi connectivity index (χ1v) is 6.05. The molecule has 0 aliphatic rings. The minimum atomic E-state index is -0.323. The first-order chi connectivity index (χ1) is 8.69. The van der Waals surface area contributed by atoms with E-state index in [-0.39, 0.29) is 5.82 Å². The molecule has 0 atom stereocenters. The second kappa shape index (κ2) is 5.73. The highest BCUT2D eigenvalue weighted by molar-refractivity contribution is 9.10. The van der Waals surface area contributed by atoms with Crippen LogP contribution in [0.1, 0.15) is 11.3 Å².